The van der Waals surface area contributed by atoms with E-state index in [-0.39, 0.29) is 11.2 Å². The highest BCUT2D eigenvalue weighted by Gasteiger charge is 2.16. The molecule has 19 heavy (non-hydrogen) atoms. The van der Waals surface area contributed by atoms with E-state index in [1.165, 1.54) is 28.7 Å². The number of aryl methyl sites for hydroxylation is 2. The van der Waals surface area contributed by atoms with Crippen molar-refractivity contribution in [3.8, 4) is 0 Å². The maximum Gasteiger partial charge on any atom is 0.237 e. The first-order valence-electron chi connectivity index (χ1n) is 5.87. The lowest BCUT2D eigenvalue weighted by molar-refractivity contribution is -0.115. The molecule has 1 atom stereocenters. The van der Waals surface area contributed by atoms with Gasteiger partial charge in [-0.1, -0.05) is 40.8 Å². The van der Waals surface area contributed by atoms with E-state index in [1.54, 1.807) is 5.51 Å². The Labute approximate surface area is 120 Å². The number of nitrogens with zero attached hydrogens (tertiary/aromatic N) is 2. The largest absolute Gasteiger partial charge is 0.325 e. The first kappa shape index (κ1) is 14.0. The van der Waals surface area contributed by atoms with Crippen LogP contribution in [0.3, 0.4) is 0 Å². The number of hydrogen-bond donors (Lipinski definition) is 1. The van der Waals surface area contributed by atoms with E-state index in [4.69, 9.17) is 0 Å². The minimum absolute atomic E-state index is 0.0212. The Morgan fingerprint density at radius 3 is 2.84 bits per heavy atom. The van der Waals surface area contributed by atoms with Crippen LogP contribution in [0.4, 0.5) is 5.69 Å². The van der Waals surface area contributed by atoms with E-state index in [0.29, 0.717) is 0 Å². The van der Waals surface area contributed by atoms with E-state index in [2.05, 4.69) is 21.6 Å². The number of rotatable bonds is 4. The summed E-state index contributed by atoms with van der Waals surface area (Å²) in [5, 5.41) is 10.4. The maximum atomic E-state index is 12.1. The molecule has 0 saturated heterocycles. The molecule has 0 aliphatic carbocycles. The highest BCUT2D eigenvalue weighted by molar-refractivity contribution is 8.02. The van der Waals surface area contributed by atoms with Gasteiger partial charge in [-0.25, -0.2) is 0 Å². The van der Waals surface area contributed by atoms with Crippen molar-refractivity contribution in [1.82, 2.24) is 10.2 Å². The second kappa shape index (κ2) is 6.16. The minimum Gasteiger partial charge on any atom is -0.325 e. The van der Waals surface area contributed by atoms with Crippen molar-refractivity contribution in [3.63, 3.8) is 0 Å². The molecule has 1 aromatic heterocycles. The number of carbonyl (C=O) groups is 1. The number of aromatic nitrogens is 2. The molecule has 1 unspecified atom stereocenters. The zero-order valence-corrected chi connectivity index (χ0v) is 12.6. The van der Waals surface area contributed by atoms with Crippen molar-refractivity contribution in [1.29, 1.82) is 0 Å². The van der Waals surface area contributed by atoms with E-state index in [9.17, 15) is 4.79 Å². The van der Waals surface area contributed by atoms with Crippen molar-refractivity contribution in [3.05, 3.63) is 34.8 Å². The fraction of sp³-hybridized carbons (Fsp3) is 0.308. The van der Waals surface area contributed by atoms with Gasteiger partial charge in [0.2, 0.25) is 5.91 Å². The zero-order valence-electron chi connectivity index (χ0n) is 11.0. The number of anilines is 1. The van der Waals surface area contributed by atoms with Crippen molar-refractivity contribution >= 4 is 34.7 Å². The van der Waals surface area contributed by atoms with Gasteiger partial charge >= 0.3 is 0 Å². The maximum absolute atomic E-state index is 12.1. The molecular weight excluding hydrogens is 278 g/mol. The average molecular weight is 293 g/mol. The highest BCUT2D eigenvalue weighted by atomic mass is 32.2. The number of benzene rings is 1. The summed E-state index contributed by atoms with van der Waals surface area (Å²) in [5.74, 6) is -0.0212. The Hall–Kier alpha value is -1.40. The molecule has 0 bridgehead atoms. The van der Waals surface area contributed by atoms with Crippen LogP contribution in [0.15, 0.2) is 28.0 Å². The number of thioether (sulfide) groups is 1. The molecule has 4 nitrogen and oxygen atoms in total. The second-order valence-corrected chi connectivity index (χ2v) is 6.69. The molecular formula is C13H15N3OS2. The lowest BCUT2D eigenvalue weighted by Crippen LogP contribution is -2.22. The summed E-state index contributed by atoms with van der Waals surface area (Å²) >= 11 is 2.86. The molecule has 0 spiro atoms. The molecule has 0 aliphatic rings. The fourth-order valence-electron chi connectivity index (χ4n) is 1.61. The van der Waals surface area contributed by atoms with E-state index >= 15 is 0 Å². The van der Waals surface area contributed by atoms with Crippen LogP contribution in [0.25, 0.3) is 0 Å². The van der Waals surface area contributed by atoms with Crippen LogP contribution >= 0.6 is 23.1 Å². The molecule has 0 aliphatic heterocycles. The summed E-state index contributed by atoms with van der Waals surface area (Å²) in [6.07, 6.45) is 0. The third kappa shape index (κ3) is 3.78. The molecule has 1 aromatic carbocycles. The predicted molar refractivity (Wildman–Crippen MR) is 79.8 cm³/mol. The molecule has 2 aromatic rings. The predicted octanol–water partition coefficient (Wildman–Crippen LogP) is 3.27. The van der Waals surface area contributed by atoms with Gasteiger partial charge in [-0.15, -0.1) is 10.2 Å². The number of carbonyl (C=O) groups excluding carboxylic acids is 1. The van der Waals surface area contributed by atoms with Crippen molar-refractivity contribution in [2.45, 2.75) is 30.4 Å². The van der Waals surface area contributed by atoms with E-state index in [1.807, 2.05) is 32.9 Å². The van der Waals surface area contributed by atoms with Gasteiger partial charge in [0.05, 0.1) is 5.25 Å². The van der Waals surface area contributed by atoms with Crippen LogP contribution in [0, 0.1) is 13.8 Å². The van der Waals surface area contributed by atoms with Crippen LogP contribution in [0.1, 0.15) is 18.1 Å². The van der Waals surface area contributed by atoms with Gasteiger partial charge in [0, 0.05) is 5.69 Å². The van der Waals surface area contributed by atoms with Crippen LogP contribution in [0.2, 0.25) is 0 Å². The van der Waals surface area contributed by atoms with Crippen LogP contribution in [-0.2, 0) is 4.79 Å². The topological polar surface area (TPSA) is 54.9 Å². The lowest BCUT2D eigenvalue weighted by Gasteiger charge is -2.12. The smallest absolute Gasteiger partial charge is 0.237 e. The summed E-state index contributed by atoms with van der Waals surface area (Å²) < 4.78 is 0.809. The Kier molecular flexibility index (Phi) is 4.55. The molecule has 2 rings (SSSR count). The van der Waals surface area contributed by atoms with Gasteiger partial charge in [-0.2, -0.15) is 0 Å². The molecule has 1 amide bonds. The van der Waals surface area contributed by atoms with Gasteiger partial charge in [0.1, 0.15) is 5.51 Å². The Bertz CT molecular complexity index is 569. The van der Waals surface area contributed by atoms with E-state index in [0.717, 1.165) is 15.6 Å². The molecule has 1 N–H and O–H groups in total. The molecule has 6 heteroatoms. The summed E-state index contributed by atoms with van der Waals surface area (Å²) in [7, 11) is 0. The van der Waals surface area contributed by atoms with Crippen molar-refractivity contribution < 1.29 is 4.79 Å². The molecule has 0 saturated carbocycles. The standard InChI is InChI=1S/C13H15N3OS2/c1-8-4-5-11(9(2)6-8)15-12(17)10(3)19-13-16-14-7-18-13/h4-7,10H,1-3H3,(H,15,17). The minimum atomic E-state index is -0.200. The Morgan fingerprint density at radius 2 is 2.21 bits per heavy atom. The summed E-state index contributed by atoms with van der Waals surface area (Å²) in [4.78, 5) is 12.1. The van der Waals surface area contributed by atoms with Crippen LogP contribution in [0.5, 0.6) is 0 Å². The molecule has 100 valence electrons. The van der Waals surface area contributed by atoms with Crippen molar-refractivity contribution in [2.24, 2.45) is 0 Å². The third-order valence-corrected chi connectivity index (χ3v) is 4.54. The van der Waals surface area contributed by atoms with Gasteiger partial charge in [0.25, 0.3) is 0 Å². The SMILES string of the molecule is Cc1ccc(NC(=O)C(C)Sc2nncs2)c(C)c1. The lowest BCUT2D eigenvalue weighted by atomic mass is 10.1. The van der Waals surface area contributed by atoms with Gasteiger partial charge in [-0.3, -0.25) is 4.79 Å². The first-order valence-corrected chi connectivity index (χ1v) is 7.63. The molecule has 0 radical (unpaired) electrons. The number of hydrogen-bond acceptors (Lipinski definition) is 5. The number of amides is 1. The summed E-state index contributed by atoms with van der Waals surface area (Å²) in [6, 6.07) is 5.98. The van der Waals surface area contributed by atoms with Crippen molar-refractivity contribution in [2.75, 3.05) is 5.32 Å². The molecule has 0 fully saturated rings. The van der Waals surface area contributed by atoms with Crippen LogP contribution in [-0.4, -0.2) is 21.4 Å². The summed E-state index contributed by atoms with van der Waals surface area (Å²) in [6.45, 7) is 5.89. The monoisotopic (exact) mass is 293 g/mol. The van der Waals surface area contributed by atoms with Gasteiger partial charge < -0.3 is 5.32 Å². The second-order valence-electron chi connectivity index (χ2n) is 4.27. The van der Waals surface area contributed by atoms with Gasteiger partial charge in [-0.05, 0) is 32.4 Å². The normalized spacial score (nSPS) is 12.2. The Morgan fingerprint density at radius 1 is 1.42 bits per heavy atom. The van der Waals surface area contributed by atoms with E-state index < -0.39 is 0 Å². The third-order valence-electron chi connectivity index (χ3n) is 2.63. The number of nitrogens with one attached hydrogen (secondary N) is 1. The highest BCUT2D eigenvalue weighted by Crippen LogP contribution is 2.25. The van der Waals surface area contributed by atoms with Gasteiger partial charge in [0.15, 0.2) is 4.34 Å². The van der Waals surface area contributed by atoms with Crippen LogP contribution < -0.4 is 5.32 Å². The summed E-state index contributed by atoms with van der Waals surface area (Å²) in [5.41, 5.74) is 4.78. The quantitative estimate of drug-likeness (QED) is 0.879. The zero-order chi connectivity index (χ0) is 13.8. The first-order chi connectivity index (χ1) is 9.06. The average Bonchev–Trinajstić information content (AvgIpc) is 2.85. The fourth-order valence-corrected chi connectivity index (χ4v) is 3.23. The Balaban J connectivity index is 2.00. The molecule has 1 heterocycles.